The number of anilines is 1. The molecule has 1 fully saturated rings. The van der Waals surface area contributed by atoms with Gasteiger partial charge in [0.15, 0.2) is 0 Å². The average molecular weight is 413 g/mol. The van der Waals surface area contributed by atoms with Gasteiger partial charge in [0.25, 0.3) is 0 Å². The SMILES string of the molecule is CNc1ncc(Br)nc1[I-]C1CCC(O)CC1. The van der Waals surface area contributed by atoms with E-state index in [0.29, 0.717) is 0 Å². The van der Waals surface area contributed by atoms with Crippen molar-refractivity contribution in [3.05, 3.63) is 14.5 Å². The quantitative estimate of drug-likeness (QED) is 0.486. The molecule has 0 atom stereocenters. The Bertz CT molecular complexity index is 383. The van der Waals surface area contributed by atoms with Crippen LogP contribution in [0.15, 0.2) is 10.8 Å². The van der Waals surface area contributed by atoms with Crippen molar-refractivity contribution in [1.29, 1.82) is 0 Å². The number of halogens is 2. The van der Waals surface area contributed by atoms with Crippen molar-refractivity contribution in [1.82, 2.24) is 9.97 Å². The van der Waals surface area contributed by atoms with E-state index in [4.69, 9.17) is 0 Å². The molecule has 1 saturated carbocycles. The number of aliphatic hydroxyl groups excluding tert-OH is 1. The zero-order chi connectivity index (χ0) is 12.3. The van der Waals surface area contributed by atoms with Gasteiger partial charge < -0.3 is 0 Å². The first-order valence-corrected chi connectivity index (χ1v) is 8.82. The molecule has 1 heterocycles. The molecule has 96 valence electrons. The van der Waals surface area contributed by atoms with Crippen LogP contribution in [0, 0.1) is 3.70 Å². The fraction of sp³-hybridized carbons (Fsp3) is 0.636. The molecule has 0 radical (unpaired) electrons. The molecule has 2 rings (SSSR count). The van der Waals surface area contributed by atoms with Crippen LogP contribution in [0.4, 0.5) is 5.82 Å². The number of nitrogens with zero attached hydrogens (tertiary/aromatic N) is 2. The number of nitrogens with one attached hydrogen (secondary N) is 1. The average Bonchev–Trinajstić information content (AvgIpc) is 2.32. The first-order valence-electron chi connectivity index (χ1n) is 5.71. The van der Waals surface area contributed by atoms with Gasteiger partial charge in [0, 0.05) is 0 Å². The molecule has 0 aliphatic heterocycles. The summed E-state index contributed by atoms with van der Waals surface area (Å²) < 4.78 is 2.66. The first kappa shape index (κ1) is 13.5. The van der Waals surface area contributed by atoms with Crippen LogP contribution in [-0.4, -0.2) is 32.2 Å². The fourth-order valence-electron chi connectivity index (χ4n) is 1.88. The summed E-state index contributed by atoms with van der Waals surface area (Å²) in [5.74, 6) is 0.909. The van der Waals surface area contributed by atoms with Crippen LogP contribution in [-0.2, 0) is 0 Å². The molecular weight excluding hydrogens is 397 g/mol. The van der Waals surface area contributed by atoms with Crippen molar-refractivity contribution in [3.63, 3.8) is 0 Å². The molecule has 0 aromatic carbocycles. The molecule has 17 heavy (non-hydrogen) atoms. The molecule has 1 aliphatic carbocycles. The normalized spacial score (nSPS) is 24.9. The summed E-state index contributed by atoms with van der Waals surface area (Å²) in [6.07, 6.45) is 5.80. The molecule has 0 saturated heterocycles. The van der Waals surface area contributed by atoms with Gasteiger partial charge in [0.2, 0.25) is 0 Å². The van der Waals surface area contributed by atoms with E-state index in [2.05, 4.69) is 31.2 Å². The second kappa shape index (κ2) is 6.29. The third-order valence-corrected chi connectivity index (χ3v) is 6.67. The Kier molecular flexibility index (Phi) is 4.98. The van der Waals surface area contributed by atoms with Crippen LogP contribution in [0.25, 0.3) is 0 Å². The number of alkyl halides is 1. The van der Waals surface area contributed by atoms with Crippen LogP contribution in [0.2, 0.25) is 0 Å². The van der Waals surface area contributed by atoms with Gasteiger partial charge in [-0.05, 0) is 0 Å². The summed E-state index contributed by atoms with van der Waals surface area (Å²) in [6.45, 7) is 0. The molecule has 0 amide bonds. The van der Waals surface area contributed by atoms with Crippen molar-refractivity contribution in [2.75, 3.05) is 12.4 Å². The second-order valence-corrected chi connectivity index (χ2v) is 8.32. The van der Waals surface area contributed by atoms with E-state index in [1.807, 2.05) is 7.05 Å². The second-order valence-electron chi connectivity index (χ2n) is 4.10. The fourth-order valence-corrected chi connectivity index (χ4v) is 5.77. The van der Waals surface area contributed by atoms with E-state index in [0.717, 1.165) is 43.7 Å². The van der Waals surface area contributed by atoms with Gasteiger partial charge in [-0.15, -0.1) is 0 Å². The van der Waals surface area contributed by atoms with Gasteiger partial charge in [-0.25, -0.2) is 0 Å². The van der Waals surface area contributed by atoms with E-state index >= 15 is 0 Å². The number of aliphatic hydroxyl groups is 1. The summed E-state index contributed by atoms with van der Waals surface area (Å²) in [5, 5.41) is 12.6. The summed E-state index contributed by atoms with van der Waals surface area (Å²) in [5.41, 5.74) is 0. The van der Waals surface area contributed by atoms with Crippen LogP contribution >= 0.6 is 15.9 Å². The maximum atomic E-state index is 9.50. The monoisotopic (exact) mass is 412 g/mol. The van der Waals surface area contributed by atoms with E-state index < -0.39 is 0 Å². The van der Waals surface area contributed by atoms with Gasteiger partial charge >= 0.3 is 121 Å². The molecule has 1 aromatic heterocycles. The number of rotatable bonds is 3. The molecule has 1 aromatic rings. The van der Waals surface area contributed by atoms with Gasteiger partial charge in [0.1, 0.15) is 0 Å². The van der Waals surface area contributed by atoms with E-state index in [1.165, 1.54) is 0 Å². The summed E-state index contributed by atoms with van der Waals surface area (Å²) >= 11 is 3.24. The van der Waals surface area contributed by atoms with Gasteiger partial charge in [-0.2, -0.15) is 0 Å². The third kappa shape index (κ3) is 3.75. The zero-order valence-electron chi connectivity index (χ0n) is 9.66. The third-order valence-electron chi connectivity index (χ3n) is 2.82. The van der Waals surface area contributed by atoms with Crippen molar-refractivity contribution in [2.45, 2.75) is 35.7 Å². The Morgan fingerprint density at radius 3 is 2.76 bits per heavy atom. The Morgan fingerprint density at radius 2 is 2.12 bits per heavy atom. The number of hydrogen-bond donors (Lipinski definition) is 2. The molecule has 0 spiro atoms. The Hall–Kier alpha value is 0.0500. The van der Waals surface area contributed by atoms with Crippen LogP contribution in [0.5, 0.6) is 0 Å². The predicted molar refractivity (Wildman–Crippen MR) is 66.2 cm³/mol. The Labute approximate surface area is 120 Å². The summed E-state index contributed by atoms with van der Waals surface area (Å²) in [4.78, 5) is 8.87. The summed E-state index contributed by atoms with van der Waals surface area (Å²) in [7, 11) is 1.88. The molecule has 2 N–H and O–H groups in total. The van der Waals surface area contributed by atoms with E-state index in [-0.39, 0.29) is 27.3 Å². The molecular formula is C11H16BrIN3O-. The molecule has 0 bridgehead atoms. The van der Waals surface area contributed by atoms with E-state index in [1.54, 1.807) is 6.20 Å². The maximum absolute atomic E-state index is 9.50. The molecule has 1 aliphatic rings. The Balaban J connectivity index is 2.04. The molecule has 0 unspecified atom stereocenters. The van der Waals surface area contributed by atoms with Crippen molar-refractivity contribution < 1.29 is 26.3 Å². The summed E-state index contributed by atoms with van der Waals surface area (Å²) in [6, 6.07) is 0. The minimum absolute atomic E-state index is 0.0763. The zero-order valence-corrected chi connectivity index (χ0v) is 13.4. The predicted octanol–water partition coefficient (Wildman–Crippen LogP) is -1.16. The standard InChI is InChI=1S/C11H16BrIN3O/c1-14-11-10(16-9(12)6-15-11)13-7-2-4-8(17)5-3-7/h6-8,17H,2-5H2,1H3,(H,14,15)/q-1. The Morgan fingerprint density at radius 1 is 1.41 bits per heavy atom. The number of aromatic nitrogens is 2. The van der Waals surface area contributed by atoms with Crippen LogP contribution < -0.4 is 26.5 Å². The van der Waals surface area contributed by atoms with Gasteiger partial charge in [-0.1, -0.05) is 0 Å². The number of hydrogen-bond acceptors (Lipinski definition) is 4. The van der Waals surface area contributed by atoms with Crippen LogP contribution in [0.1, 0.15) is 25.7 Å². The van der Waals surface area contributed by atoms with E-state index in [9.17, 15) is 5.11 Å². The first-order chi connectivity index (χ1) is 8.19. The molecule has 6 heteroatoms. The van der Waals surface area contributed by atoms with Crippen molar-refractivity contribution in [3.8, 4) is 0 Å². The van der Waals surface area contributed by atoms with Gasteiger partial charge in [0.05, 0.1) is 0 Å². The van der Waals surface area contributed by atoms with Gasteiger partial charge in [-0.3, -0.25) is 0 Å². The van der Waals surface area contributed by atoms with Crippen LogP contribution in [0.3, 0.4) is 0 Å². The minimum atomic E-state index is -0.136. The molecule has 4 nitrogen and oxygen atoms in total. The van der Waals surface area contributed by atoms with Crippen molar-refractivity contribution >= 4 is 21.7 Å². The van der Waals surface area contributed by atoms with Crippen molar-refractivity contribution in [2.24, 2.45) is 0 Å². The topological polar surface area (TPSA) is 58.0 Å².